The Balaban J connectivity index is 1.99. The van der Waals surface area contributed by atoms with Crippen LogP contribution in [0.5, 0.6) is 0 Å². The molecule has 1 aromatic heterocycles. The molecule has 0 aliphatic carbocycles. The monoisotopic (exact) mass is 287 g/mol. The van der Waals surface area contributed by atoms with Crippen molar-refractivity contribution in [3.05, 3.63) is 47.3 Å². The molecule has 0 spiro atoms. The Hall–Kier alpha value is -1.81. The summed E-state index contributed by atoms with van der Waals surface area (Å²) in [5, 5.41) is 3.41. The molecule has 0 fully saturated rings. The Morgan fingerprint density at radius 1 is 1.24 bits per heavy atom. The highest BCUT2D eigenvalue weighted by molar-refractivity contribution is 5.32. The Morgan fingerprint density at radius 2 is 1.95 bits per heavy atom. The fraction of sp³-hybridized carbons (Fsp3) is 0.471. The second-order valence-electron chi connectivity index (χ2n) is 6.51. The first kappa shape index (κ1) is 15.6. The van der Waals surface area contributed by atoms with Crippen molar-refractivity contribution in [2.24, 2.45) is 0 Å². The van der Waals surface area contributed by atoms with Gasteiger partial charge in [0.15, 0.2) is 0 Å². The summed E-state index contributed by atoms with van der Waals surface area (Å²) in [5.41, 5.74) is 3.57. The first-order valence-electron chi connectivity index (χ1n) is 7.30. The summed E-state index contributed by atoms with van der Waals surface area (Å²) in [7, 11) is 2.00. The zero-order valence-electron chi connectivity index (χ0n) is 13.6. The van der Waals surface area contributed by atoms with E-state index in [2.05, 4.69) is 62.3 Å². The summed E-state index contributed by atoms with van der Waals surface area (Å²) in [6, 6.07) is 9.03. The van der Waals surface area contributed by atoms with Crippen LogP contribution in [0.1, 0.15) is 37.6 Å². The van der Waals surface area contributed by atoms with E-state index in [0.717, 1.165) is 12.2 Å². The van der Waals surface area contributed by atoms with Gasteiger partial charge in [-0.1, -0.05) is 24.3 Å². The van der Waals surface area contributed by atoms with Crippen molar-refractivity contribution in [3.8, 4) is 0 Å². The zero-order valence-corrected chi connectivity index (χ0v) is 13.6. The lowest BCUT2D eigenvalue weighted by Crippen LogP contribution is -2.35. The fourth-order valence-electron chi connectivity index (χ4n) is 2.02. The van der Waals surface area contributed by atoms with Gasteiger partial charge in [0.1, 0.15) is 6.26 Å². The predicted molar refractivity (Wildman–Crippen MR) is 86.4 cm³/mol. The molecule has 4 nitrogen and oxygen atoms in total. The number of nitrogens with one attached hydrogen (secondary N) is 1. The van der Waals surface area contributed by atoms with Crippen molar-refractivity contribution >= 4 is 6.01 Å². The number of aromatic nitrogens is 1. The Kier molecular flexibility index (Phi) is 4.68. The van der Waals surface area contributed by atoms with Gasteiger partial charge in [0.25, 0.3) is 6.01 Å². The van der Waals surface area contributed by atoms with Crippen LogP contribution in [0, 0.1) is 6.92 Å². The first-order chi connectivity index (χ1) is 9.85. The highest BCUT2D eigenvalue weighted by Gasteiger charge is 2.13. The first-order valence-corrected chi connectivity index (χ1v) is 7.30. The van der Waals surface area contributed by atoms with Gasteiger partial charge in [-0.3, -0.25) is 0 Å². The SMILES string of the molecule is Cc1ccccc1CN(C)c1nc(CNC(C)(C)C)co1. The lowest BCUT2D eigenvalue weighted by atomic mass is 10.1. The van der Waals surface area contributed by atoms with E-state index in [-0.39, 0.29) is 5.54 Å². The van der Waals surface area contributed by atoms with Gasteiger partial charge in [-0.2, -0.15) is 4.98 Å². The van der Waals surface area contributed by atoms with Gasteiger partial charge in [-0.15, -0.1) is 0 Å². The third kappa shape index (κ3) is 4.60. The molecular weight excluding hydrogens is 262 g/mol. The van der Waals surface area contributed by atoms with E-state index in [1.807, 2.05) is 11.9 Å². The van der Waals surface area contributed by atoms with Gasteiger partial charge in [0, 0.05) is 25.7 Å². The molecule has 0 saturated carbocycles. The molecule has 2 aromatic rings. The van der Waals surface area contributed by atoms with E-state index in [1.165, 1.54) is 11.1 Å². The number of benzene rings is 1. The van der Waals surface area contributed by atoms with Crippen LogP contribution in [0.25, 0.3) is 0 Å². The van der Waals surface area contributed by atoms with Crippen molar-refractivity contribution in [3.63, 3.8) is 0 Å². The van der Waals surface area contributed by atoms with E-state index in [1.54, 1.807) is 6.26 Å². The number of anilines is 1. The number of rotatable bonds is 5. The summed E-state index contributed by atoms with van der Waals surface area (Å²) in [6.07, 6.45) is 1.72. The Bertz CT molecular complexity index is 584. The topological polar surface area (TPSA) is 41.3 Å². The second kappa shape index (κ2) is 6.31. The number of nitrogens with zero attached hydrogens (tertiary/aromatic N) is 2. The van der Waals surface area contributed by atoms with Crippen LogP contribution < -0.4 is 10.2 Å². The summed E-state index contributed by atoms with van der Waals surface area (Å²) in [6.45, 7) is 10.0. The molecule has 4 heteroatoms. The lowest BCUT2D eigenvalue weighted by Gasteiger charge is -2.19. The van der Waals surface area contributed by atoms with Crippen LogP contribution in [0.3, 0.4) is 0 Å². The molecule has 0 bridgehead atoms. The van der Waals surface area contributed by atoms with Gasteiger partial charge in [0.05, 0.1) is 5.69 Å². The average Bonchev–Trinajstić information content (AvgIpc) is 2.87. The zero-order chi connectivity index (χ0) is 15.5. The quantitative estimate of drug-likeness (QED) is 0.913. The Labute approximate surface area is 127 Å². The largest absolute Gasteiger partial charge is 0.432 e. The van der Waals surface area contributed by atoms with Crippen LogP contribution >= 0.6 is 0 Å². The third-order valence-corrected chi connectivity index (χ3v) is 3.33. The molecule has 2 rings (SSSR count). The molecule has 21 heavy (non-hydrogen) atoms. The molecule has 1 N–H and O–H groups in total. The highest BCUT2D eigenvalue weighted by Crippen LogP contribution is 2.17. The molecule has 0 saturated heterocycles. The van der Waals surface area contributed by atoms with Crippen molar-refractivity contribution in [1.82, 2.24) is 10.3 Å². The van der Waals surface area contributed by atoms with Gasteiger partial charge in [0.2, 0.25) is 0 Å². The lowest BCUT2D eigenvalue weighted by molar-refractivity contribution is 0.421. The molecule has 0 aliphatic heterocycles. The van der Waals surface area contributed by atoms with Crippen molar-refractivity contribution in [2.75, 3.05) is 11.9 Å². The minimum Gasteiger partial charge on any atom is -0.432 e. The van der Waals surface area contributed by atoms with Crippen molar-refractivity contribution < 1.29 is 4.42 Å². The van der Waals surface area contributed by atoms with Gasteiger partial charge >= 0.3 is 0 Å². The minimum atomic E-state index is 0.0756. The molecule has 1 heterocycles. The predicted octanol–water partition coefficient (Wildman–Crippen LogP) is 3.51. The molecule has 0 atom stereocenters. The van der Waals surface area contributed by atoms with Crippen LogP contribution in [-0.2, 0) is 13.1 Å². The Morgan fingerprint density at radius 3 is 2.62 bits per heavy atom. The van der Waals surface area contributed by atoms with Gasteiger partial charge < -0.3 is 14.6 Å². The van der Waals surface area contributed by atoms with E-state index in [0.29, 0.717) is 12.6 Å². The summed E-state index contributed by atoms with van der Waals surface area (Å²) in [5.74, 6) is 0. The number of hydrogen-bond acceptors (Lipinski definition) is 4. The third-order valence-electron chi connectivity index (χ3n) is 3.33. The molecular formula is C17H25N3O. The molecule has 0 aliphatic rings. The maximum atomic E-state index is 5.58. The maximum absolute atomic E-state index is 5.58. The van der Waals surface area contributed by atoms with Crippen LogP contribution in [0.15, 0.2) is 34.9 Å². The van der Waals surface area contributed by atoms with E-state index < -0.39 is 0 Å². The molecule has 0 unspecified atom stereocenters. The smallest absolute Gasteiger partial charge is 0.297 e. The van der Waals surface area contributed by atoms with E-state index in [9.17, 15) is 0 Å². The number of aryl methyl sites for hydroxylation is 1. The van der Waals surface area contributed by atoms with Crippen molar-refractivity contribution in [2.45, 2.75) is 46.3 Å². The fourth-order valence-corrected chi connectivity index (χ4v) is 2.02. The standard InChI is InChI=1S/C17H25N3O/c1-13-8-6-7-9-14(13)11-20(5)16-19-15(12-21-16)10-18-17(2,3)4/h6-9,12,18H,10-11H2,1-5H3. The van der Waals surface area contributed by atoms with Crippen LogP contribution in [-0.4, -0.2) is 17.6 Å². The summed E-state index contributed by atoms with van der Waals surface area (Å²) in [4.78, 5) is 6.57. The van der Waals surface area contributed by atoms with Crippen LogP contribution in [0.4, 0.5) is 6.01 Å². The second-order valence-corrected chi connectivity index (χ2v) is 6.51. The number of hydrogen-bond donors (Lipinski definition) is 1. The highest BCUT2D eigenvalue weighted by atomic mass is 16.4. The van der Waals surface area contributed by atoms with Crippen molar-refractivity contribution in [1.29, 1.82) is 0 Å². The van der Waals surface area contributed by atoms with Gasteiger partial charge in [-0.05, 0) is 38.8 Å². The van der Waals surface area contributed by atoms with Crippen LogP contribution in [0.2, 0.25) is 0 Å². The van der Waals surface area contributed by atoms with E-state index in [4.69, 9.17) is 4.42 Å². The molecule has 0 radical (unpaired) electrons. The molecule has 114 valence electrons. The minimum absolute atomic E-state index is 0.0756. The number of oxazole rings is 1. The summed E-state index contributed by atoms with van der Waals surface area (Å²) >= 11 is 0. The van der Waals surface area contributed by atoms with E-state index >= 15 is 0 Å². The molecule has 1 aromatic carbocycles. The normalized spacial score (nSPS) is 11.7. The molecule has 0 amide bonds. The van der Waals surface area contributed by atoms with Gasteiger partial charge in [-0.25, -0.2) is 0 Å². The average molecular weight is 287 g/mol. The maximum Gasteiger partial charge on any atom is 0.297 e. The summed E-state index contributed by atoms with van der Waals surface area (Å²) < 4.78 is 5.58.